The minimum absolute atomic E-state index is 0.0674. The molecule has 12 heavy (non-hydrogen) atoms. The van der Waals surface area contributed by atoms with Crippen LogP contribution in [0.1, 0.15) is 20.8 Å². The maximum absolute atomic E-state index is 11.0. The molecule has 0 saturated carbocycles. The van der Waals surface area contributed by atoms with E-state index in [1.54, 1.807) is 13.8 Å². The van der Waals surface area contributed by atoms with Gasteiger partial charge < -0.3 is 9.47 Å². The summed E-state index contributed by atoms with van der Waals surface area (Å²) in [5.74, 6) is -0.601. The van der Waals surface area contributed by atoms with E-state index in [-0.39, 0.29) is 12.4 Å². The lowest BCUT2D eigenvalue weighted by atomic mass is 10.1. The van der Waals surface area contributed by atoms with Gasteiger partial charge in [0.15, 0.2) is 11.4 Å². The molecule has 0 atom stereocenters. The van der Waals surface area contributed by atoms with Crippen molar-refractivity contribution in [3.05, 3.63) is 0 Å². The van der Waals surface area contributed by atoms with E-state index in [9.17, 15) is 9.59 Å². The summed E-state index contributed by atoms with van der Waals surface area (Å²) >= 11 is 0. The second-order valence-corrected chi connectivity index (χ2v) is 2.99. The Labute approximate surface area is 71.8 Å². The number of carbonyl (C=O) groups is 2. The van der Waals surface area contributed by atoms with Gasteiger partial charge in [-0.15, -0.1) is 0 Å². The number of methoxy groups -OCH3 is 1. The molecule has 0 N–H and O–H groups in total. The van der Waals surface area contributed by atoms with Crippen molar-refractivity contribution in [3.63, 3.8) is 0 Å². The first-order chi connectivity index (χ1) is 5.40. The van der Waals surface area contributed by atoms with Gasteiger partial charge in [0.25, 0.3) is 0 Å². The van der Waals surface area contributed by atoms with Gasteiger partial charge in [-0.25, -0.2) is 4.79 Å². The van der Waals surface area contributed by atoms with E-state index in [1.807, 2.05) is 0 Å². The average Bonchev–Trinajstić information content (AvgIpc) is 1.99. The second-order valence-electron chi connectivity index (χ2n) is 2.99. The Balaban J connectivity index is 4.03. The Morgan fingerprint density at radius 2 is 1.83 bits per heavy atom. The molecular weight excluding hydrogens is 160 g/mol. The van der Waals surface area contributed by atoms with Crippen LogP contribution in [-0.4, -0.2) is 31.1 Å². The van der Waals surface area contributed by atoms with E-state index in [0.717, 1.165) is 0 Å². The average molecular weight is 174 g/mol. The predicted octanol–water partition coefficient (Wildman–Crippen LogP) is 0.544. The molecule has 0 spiro atoms. The Kier molecular flexibility index (Phi) is 3.89. The van der Waals surface area contributed by atoms with Gasteiger partial charge >= 0.3 is 5.97 Å². The Hall–Kier alpha value is -0.900. The molecule has 4 heteroatoms. The van der Waals surface area contributed by atoms with Crippen LogP contribution in [-0.2, 0) is 19.1 Å². The van der Waals surface area contributed by atoms with E-state index in [2.05, 4.69) is 4.74 Å². The molecule has 0 saturated heterocycles. The largest absolute Gasteiger partial charge is 0.467 e. The van der Waals surface area contributed by atoms with Crippen LogP contribution in [0.25, 0.3) is 0 Å². The van der Waals surface area contributed by atoms with Crippen molar-refractivity contribution < 1.29 is 19.1 Å². The first-order valence-corrected chi connectivity index (χ1v) is 3.62. The molecule has 0 aliphatic rings. The van der Waals surface area contributed by atoms with Crippen LogP contribution < -0.4 is 0 Å². The number of esters is 1. The third kappa shape index (κ3) is 3.48. The molecule has 0 rings (SSSR count). The molecule has 0 aromatic carbocycles. The van der Waals surface area contributed by atoms with Crippen molar-refractivity contribution in [2.45, 2.75) is 26.4 Å². The van der Waals surface area contributed by atoms with Gasteiger partial charge in [0.1, 0.15) is 6.61 Å². The number of ketones is 1. The van der Waals surface area contributed by atoms with Crippen molar-refractivity contribution >= 4 is 11.8 Å². The van der Waals surface area contributed by atoms with Gasteiger partial charge in [0.2, 0.25) is 0 Å². The smallest absolute Gasteiger partial charge is 0.337 e. The second kappa shape index (κ2) is 4.21. The molecule has 4 nitrogen and oxygen atoms in total. The quantitative estimate of drug-likeness (QED) is 0.584. The summed E-state index contributed by atoms with van der Waals surface area (Å²) in [4.78, 5) is 21.5. The van der Waals surface area contributed by atoms with Crippen molar-refractivity contribution in [1.29, 1.82) is 0 Å². The zero-order valence-corrected chi connectivity index (χ0v) is 7.84. The van der Waals surface area contributed by atoms with E-state index in [1.165, 1.54) is 14.0 Å². The fourth-order valence-corrected chi connectivity index (χ4v) is 0.587. The lowest BCUT2D eigenvalue weighted by Gasteiger charge is -2.21. The maximum atomic E-state index is 11.0. The first kappa shape index (κ1) is 11.1. The van der Waals surface area contributed by atoms with Crippen LogP contribution in [0.15, 0.2) is 0 Å². The highest BCUT2D eigenvalue weighted by Crippen LogP contribution is 2.10. The van der Waals surface area contributed by atoms with E-state index < -0.39 is 11.6 Å². The highest BCUT2D eigenvalue weighted by Gasteiger charge is 2.29. The van der Waals surface area contributed by atoms with Crippen LogP contribution in [0.5, 0.6) is 0 Å². The Morgan fingerprint density at radius 1 is 1.33 bits per heavy atom. The zero-order valence-electron chi connectivity index (χ0n) is 7.84. The van der Waals surface area contributed by atoms with E-state index in [0.29, 0.717) is 0 Å². The number of hydrogen-bond donors (Lipinski definition) is 0. The number of hydrogen-bond acceptors (Lipinski definition) is 4. The zero-order chi connectivity index (χ0) is 9.78. The molecule has 0 unspecified atom stereocenters. The molecule has 0 aliphatic heterocycles. The third-order valence-corrected chi connectivity index (χ3v) is 1.31. The van der Waals surface area contributed by atoms with Crippen LogP contribution in [0.4, 0.5) is 0 Å². The molecule has 70 valence electrons. The van der Waals surface area contributed by atoms with Crippen LogP contribution in [0.2, 0.25) is 0 Å². The molecular formula is C8H14O4. The lowest BCUT2D eigenvalue weighted by molar-refractivity contribution is -0.166. The van der Waals surface area contributed by atoms with E-state index >= 15 is 0 Å². The third-order valence-electron chi connectivity index (χ3n) is 1.31. The summed E-state index contributed by atoms with van der Waals surface area (Å²) in [6, 6.07) is 0. The highest BCUT2D eigenvalue weighted by molar-refractivity contribution is 5.80. The highest BCUT2D eigenvalue weighted by atomic mass is 16.6. The van der Waals surface area contributed by atoms with Crippen molar-refractivity contribution in [2.24, 2.45) is 0 Å². The molecule has 0 aliphatic carbocycles. The topological polar surface area (TPSA) is 52.6 Å². The fraction of sp³-hybridized carbons (Fsp3) is 0.750. The van der Waals surface area contributed by atoms with Gasteiger partial charge in [-0.2, -0.15) is 0 Å². The molecule has 0 amide bonds. The lowest BCUT2D eigenvalue weighted by Crippen LogP contribution is -2.37. The van der Waals surface area contributed by atoms with Crippen LogP contribution >= 0.6 is 0 Å². The molecule has 0 aromatic heterocycles. The number of Topliss-reactive ketones (excluding diaryl/α,β-unsaturated/α-hetero) is 1. The molecule has 0 heterocycles. The van der Waals surface area contributed by atoms with Crippen LogP contribution in [0, 0.1) is 0 Å². The molecule has 0 radical (unpaired) electrons. The monoisotopic (exact) mass is 174 g/mol. The maximum Gasteiger partial charge on any atom is 0.337 e. The predicted molar refractivity (Wildman–Crippen MR) is 42.7 cm³/mol. The summed E-state index contributed by atoms with van der Waals surface area (Å²) in [6.45, 7) is 4.44. The number of ether oxygens (including phenoxy) is 2. The molecule has 0 fully saturated rings. The van der Waals surface area contributed by atoms with Gasteiger partial charge in [-0.1, -0.05) is 0 Å². The Morgan fingerprint density at radius 3 is 2.17 bits per heavy atom. The summed E-state index contributed by atoms with van der Waals surface area (Å²) in [6.07, 6.45) is 0. The number of carbonyl (C=O) groups excluding carboxylic acids is 2. The minimum Gasteiger partial charge on any atom is -0.467 e. The van der Waals surface area contributed by atoms with Gasteiger partial charge in [0, 0.05) is 0 Å². The molecule has 0 aromatic rings. The van der Waals surface area contributed by atoms with Gasteiger partial charge in [0.05, 0.1) is 7.11 Å². The summed E-state index contributed by atoms with van der Waals surface area (Å²) in [5, 5.41) is 0. The fourth-order valence-electron chi connectivity index (χ4n) is 0.587. The van der Waals surface area contributed by atoms with Crippen molar-refractivity contribution in [3.8, 4) is 0 Å². The number of rotatable bonds is 4. The standard InChI is InChI=1S/C8H14O4/c1-6(9)5-12-8(2,3)7(10)11-4/h5H2,1-4H3. The summed E-state index contributed by atoms with van der Waals surface area (Å²) in [7, 11) is 1.28. The summed E-state index contributed by atoms with van der Waals surface area (Å²) < 4.78 is 9.49. The van der Waals surface area contributed by atoms with Crippen molar-refractivity contribution in [2.75, 3.05) is 13.7 Å². The van der Waals surface area contributed by atoms with Gasteiger partial charge in [-0.3, -0.25) is 4.79 Å². The first-order valence-electron chi connectivity index (χ1n) is 3.62. The minimum atomic E-state index is -1.04. The Bertz CT molecular complexity index is 183. The van der Waals surface area contributed by atoms with Gasteiger partial charge in [-0.05, 0) is 20.8 Å². The SMILES string of the molecule is COC(=O)C(C)(C)OCC(C)=O. The van der Waals surface area contributed by atoms with Crippen molar-refractivity contribution in [1.82, 2.24) is 0 Å². The normalized spacial score (nSPS) is 11.0. The molecule has 0 bridgehead atoms. The van der Waals surface area contributed by atoms with E-state index in [4.69, 9.17) is 4.74 Å². The summed E-state index contributed by atoms with van der Waals surface area (Å²) in [5.41, 5.74) is -1.04. The van der Waals surface area contributed by atoms with Crippen LogP contribution in [0.3, 0.4) is 0 Å².